The van der Waals surface area contributed by atoms with Crippen molar-refractivity contribution >= 4 is 35.2 Å². The van der Waals surface area contributed by atoms with Crippen molar-refractivity contribution in [2.24, 2.45) is 0 Å². The Balaban J connectivity index is 1.33. The molecule has 0 aliphatic carbocycles. The smallest absolute Gasteiger partial charge is 0.289 e. The molecular formula is C22H21ClN4O4S. The molecule has 0 spiro atoms. The minimum absolute atomic E-state index is 0.0285. The van der Waals surface area contributed by atoms with Crippen LogP contribution < -0.4 is 5.56 Å². The maximum Gasteiger partial charge on any atom is 0.289 e. The van der Waals surface area contributed by atoms with Gasteiger partial charge in [0, 0.05) is 43.0 Å². The van der Waals surface area contributed by atoms with Crippen LogP contribution >= 0.6 is 23.4 Å². The summed E-state index contributed by atoms with van der Waals surface area (Å²) in [4.78, 5) is 47.6. The minimum atomic E-state index is -0.301. The molecule has 166 valence electrons. The van der Waals surface area contributed by atoms with E-state index < -0.39 is 0 Å². The number of furan rings is 1. The van der Waals surface area contributed by atoms with Gasteiger partial charge in [-0.2, -0.15) is 0 Å². The van der Waals surface area contributed by atoms with Crippen LogP contribution in [0.1, 0.15) is 21.8 Å². The van der Waals surface area contributed by atoms with Crippen LogP contribution in [-0.4, -0.2) is 57.8 Å². The zero-order valence-electron chi connectivity index (χ0n) is 17.1. The molecule has 3 aromatic rings. The number of nitrogens with one attached hydrogen (secondary N) is 1. The lowest BCUT2D eigenvalue weighted by Crippen LogP contribution is -2.51. The van der Waals surface area contributed by atoms with Gasteiger partial charge >= 0.3 is 0 Å². The number of halogens is 1. The van der Waals surface area contributed by atoms with E-state index in [1.54, 1.807) is 28.0 Å². The minimum Gasteiger partial charge on any atom is -0.459 e. The Morgan fingerprint density at radius 3 is 2.59 bits per heavy atom. The number of H-pyrrole nitrogens is 1. The Morgan fingerprint density at radius 1 is 1.09 bits per heavy atom. The largest absolute Gasteiger partial charge is 0.459 e. The number of nitrogens with zero attached hydrogens (tertiary/aromatic N) is 3. The summed E-state index contributed by atoms with van der Waals surface area (Å²) in [6.45, 7) is 1.69. The Kier molecular flexibility index (Phi) is 6.96. The molecule has 4 rings (SSSR count). The van der Waals surface area contributed by atoms with Crippen LogP contribution in [0.2, 0.25) is 5.02 Å². The Morgan fingerprint density at radius 2 is 1.88 bits per heavy atom. The molecule has 2 amide bonds. The summed E-state index contributed by atoms with van der Waals surface area (Å²) in [6, 6.07) is 12.1. The maximum atomic E-state index is 12.7. The summed E-state index contributed by atoms with van der Waals surface area (Å²) >= 11 is 7.38. The number of hydrogen-bond donors (Lipinski definition) is 1. The molecule has 8 nitrogen and oxygen atoms in total. The molecule has 0 atom stereocenters. The fraction of sp³-hybridized carbons (Fsp3) is 0.273. The molecule has 3 heterocycles. The summed E-state index contributed by atoms with van der Waals surface area (Å²) in [5, 5.41) is 1.10. The first-order valence-corrected chi connectivity index (χ1v) is 11.4. The molecule has 1 aliphatic heterocycles. The molecule has 0 unspecified atom stereocenters. The van der Waals surface area contributed by atoms with Crippen LogP contribution in [0.4, 0.5) is 0 Å². The van der Waals surface area contributed by atoms with E-state index in [1.807, 2.05) is 18.2 Å². The summed E-state index contributed by atoms with van der Waals surface area (Å²) in [6.07, 6.45) is 1.49. The van der Waals surface area contributed by atoms with Gasteiger partial charge in [-0.25, -0.2) is 4.98 Å². The monoisotopic (exact) mass is 472 g/mol. The number of piperazine rings is 1. The zero-order chi connectivity index (χ0) is 22.5. The van der Waals surface area contributed by atoms with Crippen LogP contribution in [0.3, 0.4) is 0 Å². The molecule has 1 aromatic carbocycles. The van der Waals surface area contributed by atoms with E-state index in [-0.39, 0.29) is 23.8 Å². The maximum absolute atomic E-state index is 12.7. The summed E-state index contributed by atoms with van der Waals surface area (Å²) in [5.74, 6) is 0.575. The highest BCUT2D eigenvalue weighted by molar-refractivity contribution is 7.98. The van der Waals surface area contributed by atoms with Crippen LogP contribution in [0.5, 0.6) is 0 Å². The van der Waals surface area contributed by atoms with Gasteiger partial charge in [0.05, 0.1) is 18.4 Å². The number of carbonyl (C=O) groups is 2. The normalized spacial score (nSPS) is 13.9. The van der Waals surface area contributed by atoms with Crippen molar-refractivity contribution in [1.82, 2.24) is 19.8 Å². The fourth-order valence-electron chi connectivity index (χ4n) is 3.40. The third-order valence-corrected chi connectivity index (χ3v) is 6.20. The second-order valence-electron chi connectivity index (χ2n) is 7.29. The molecule has 0 bridgehead atoms. The number of amides is 2. The van der Waals surface area contributed by atoms with Crippen molar-refractivity contribution in [3.05, 3.63) is 81.1 Å². The molecule has 2 aromatic heterocycles. The van der Waals surface area contributed by atoms with Gasteiger partial charge in [-0.05, 0) is 29.8 Å². The number of aromatic nitrogens is 2. The molecule has 1 aliphatic rings. The highest BCUT2D eigenvalue weighted by Crippen LogP contribution is 2.21. The van der Waals surface area contributed by atoms with Crippen molar-refractivity contribution in [1.29, 1.82) is 0 Å². The van der Waals surface area contributed by atoms with Gasteiger partial charge in [0.15, 0.2) is 10.9 Å². The lowest BCUT2D eigenvalue weighted by atomic mass is 10.2. The standard InChI is InChI=1S/C22H21ClN4O4S/c23-16-4-1-3-15(11-16)14-32-22-24-17(12-19(28)25-22)13-20(29)26-6-8-27(9-7-26)21(30)18-5-2-10-31-18/h1-5,10-12H,6-9,13-14H2,(H,24,25,28). The van der Waals surface area contributed by atoms with Crippen molar-refractivity contribution in [2.75, 3.05) is 26.2 Å². The summed E-state index contributed by atoms with van der Waals surface area (Å²) in [7, 11) is 0. The summed E-state index contributed by atoms with van der Waals surface area (Å²) < 4.78 is 5.16. The second-order valence-corrected chi connectivity index (χ2v) is 8.69. The molecule has 1 fully saturated rings. The third kappa shape index (κ3) is 5.60. The number of aromatic amines is 1. The highest BCUT2D eigenvalue weighted by Gasteiger charge is 2.26. The van der Waals surface area contributed by atoms with Crippen molar-refractivity contribution < 1.29 is 14.0 Å². The lowest BCUT2D eigenvalue weighted by Gasteiger charge is -2.34. The topological polar surface area (TPSA) is 99.5 Å². The van der Waals surface area contributed by atoms with Crippen LogP contribution in [0, 0.1) is 0 Å². The van der Waals surface area contributed by atoms with Crippen molar-refractivity contribution in [3.63, 3.8) is 0 Å². The third-order valence-electron chi connectivity index (χ3n) is 5.02. The van der Waals surface area contributed by atoms with Crippen LogP contribution in [0.25, 0.3) is 0 Å². The highest BCUT2D eigenvalue weighted by atomic mass is 35.5. The van der Waals surface area contributed by atoms with E-state index in [1.165, 1.54) is 24.1 Å². The molecule has 0 saturated carbocycles. The Labute approximate surface area is 193 Å². The second kappa shape index (κ2) is 10.1. The van der Waals surface area contributed by atoms with E-state index in [9.17, 15) is 14.4 Å². The zero-order valence-corrected chi connectivity index (χ0v) is 18.7. The van der Waals surface area contributed by atoms with E-state index >= 15 is 0 Å². The predicted octanol–water partition coefficient (Wildman–Crippen LogP) is 2.84. The first kappa shape index (κ1) is 22.2. The number of carbonyl (C=O) groups excluding carboxylic acids is 2. The fourth-order valence-corrected chi connectivity index (χ4v) is 4.45. The van der Waals surface area contributed by atoms with Gasteiger partial charge in [-0.3, -0.25) is 14.4 Å². The molecule has 10 heteroatoms. The predicted molar refractivity (Wildman–Crippen MR) is 121 cm³/mol. The summed E-state index contributed by atoms with van der Waals surface area (Å²) in [5.41, 5.74) is 1.13. The SMILES string of the molecule is O=C(Cc1cc(=O)[nH]c(SCc2cccc(Cl)c2)n1)N1CCN(C(=O)c2ccco2)CC1. The first-order chi connectivity index (χ1) is 15.5. The first-order valence-electron chi connectivity index (χ1n) is 10.1. The number of rotatable bonds is 6. The number of benzene rings is 1. The van der Waals surface area contributed by atoms with Gasteiger partial charge in [0.25, 0.3) is 11.5 Å². The van der Waals surface area contributed by atoms with Crippen LogP contribution in [-0.2, 0) is 17.0 Å². The number of thioether (sulfide) groups is 1. The molecule has 1 N–H and O–H groups in total. The van der Waals surface area contributed by atoms with E-state index in [0.717, 1.165) is 5.56 Å². The lowest BCUT2D eigenvalue weighted by molar-refractivity contribution is -0.132. The molecular weight excluding hydrogens is 452 g/mol. The van der Waals surface area contributed by atoms with Gasteiger partial charge in [-0.15, -0.1) is 0 Å². The van der Waals surface area contributed by atoms with Gasteiger partial charge in [0.2, 0.25) is 5.91 Å². The van der Waals surface area contributed by atoms with E-state index in [4.69, 9.17) is 16.0 Å². The average molecular weight is 473 g/mol. The quantitative estimate of drug-likeness (QED) is 0.437. The molecule has 0 radical (unpaired) electrons. The van der Waals surface area contributed by atoms with Gasteiger partial charge in [-0.1, -0.05) is 35.5 Å². The van der Waals surface area contributed by atoms with Crippen LogP contribution in [0.15, 0.2) is 63.1 Å². The molecule has 1 saturated heterocycles. The van der Waals surface area contributed by atoms with E-state index in [0.29, 0.717) is 53.6 Å². The molecule has 32 heavy (non-hydrogen) atoms. The van der Waals surface area contributed by atoms with Crippen molar-refractivity contribution in [2.45, 2.75) is 17.3 Å². The van der Waals surface area contributed by atoms with Crippen molar-refractivity contribution in [3.8, 4) is 0 Å². The Bertz CT molecular complexity index is 1160. The van der Waals surface area contributed by atoms with Gasteiger partial charge < -0.3 is 19.2 Å². The van der Waals surface area contributed by atoms with E-state index in [2.05, 4.69) is 9.97 Å². The Hall–Kier alpha value is -3.04. The average Bonchev–Trinajstić information content (AvgIpc) is 3.32. The van der Waals surface area contributed by atoms with Gasteiger partial charge in [0.1, 0.15) is 0 Å². The number of hydrogen-bond acceptors (Lipinski definition) is 6.